The number of nitrogens with one attached hydrogen (secondary N) is 1. The monoisotopic (exact) mass is 377 g/mol. The second-order valence-corrected chi connectivity index (χ2v) is 6.50. The van der Waals surface area contributed by atoms with E-state index in [0.29, 0.717) is 30.8 Å². The molecule has 2 aromatic carbocycles. The van der Waals surface area contributed by atoms with E-state index < -0.39 is 12.1 Å². The summed E-state index contributed by atoms with van der Waals surface area (Å²) >= 11 is 0. The Labute approximate surface area is 161 Å². The minimum atomic E-state index is -0.826. The van der Waals surface area contributed by atoms with E-state index >= 15 is 0 Å². The highest BCUT2D eigenvalue weighted by molar-refractivity contribution is 5.95. The van der Waals surface area contributed by atoms with Crippen LogP contribution in [0.15, 0.2) is 54.7 Å². The molecule has 1 aliphatic rings. The molecule has 8 nitrogen and oxygen atoms in total. The normalized spacial score (nSPS) is 15.6. The second kappa shape index (κ2) is 7.61. The Morgan fingerprint density at radius 2 is 2.11 bits per heavy atom. The highest BCUT2D eigenvalue weighted by Gasteiger charge is 2.30. The molecule has 0 saturated heterocycles. The summed E-state index contributed by atoms with van der Waals surface area (Å²) in [6.07, 6.45) is 1.30. The molecule has 0 radical (unpaired) electrons. The van der Waals surface area contributed by atoms with Crippen LogP contribution >= 0.6 is 0 Å². The molecule has 1 amide bonds. The maximum Gasteiger partial charge on any atom is 0.339 e. The molecule has 0 bridgehead atoms. The van der Waals surface area contributed by atoms with Crippen LogP contribution in [0.2, 0.25) is 0 Å². The fraction of sp³-hybridized carbons (Fsp3) is 0.200. The Morgan fingerprint density at radius 1 is 1.25 bits per heavy atom. The van der Waals surface area contributed by atoms with Crippen LogP contribution in [0.25, 0.3) is 5.69 Å². The van der Waals surface area contributed by atoms with E-state index in [4.69, 9.17) is 10.5 Å². The average molecular weight is 377 g/mol. The summed E-state index contributed by atoms with van der Waals surface area (Å²) in [5.74, 6) is -0.787. The van der Waals surface area contributed by atoms with Gasteiger partial charge in [-0.25, -0.2) is 9.48 Å². The molecule has 0 spiro atoms. The van der Waals surface area contributed by atoms with Crippen molar-refractivity contribution in [2.45, 2.75) is 25.6 Å². The van der Waals surface area contributed by atoms with E-state index in [-0.39, 0.29) is 5.91 Å². The largest absolute Gasteiger partial charge is 0.448 e. The van der Waals surface area contributed by atoms with Gasteiger partial charge in [-0.15, -0.1) is 5.10 Å². The number of nitrogens with zero attached hydrogens (tertiary/aromatic N) is 3. The van der Waals surface area contributed by atoms with Crippen LogP contribution in [-0.2, 0) is 29.0 Å². The van der Waals surface area contributed by atoms with Gasteiger partial charge in [0.25, 0.3) is 5.91 Å². The van der Waals surface area contributed by atoms with Gasteiger partial charge in [0.2, 0.25) is 0 Å². The van der Waals surface area contributed by atoms with Crippen LogP contribution in [0.1, 0.15) is 27.2 Å². The number of rotatable bonds is 5. The van der Waals surface area contributed by atoms with E-state index in [9.17, 15) is 9.59 Å². The van der Waals surface area contributed by atoms with Crippen LogP contribution in [-0.4, -0.2) is 33.0 Å². The summed E-state index contributed by atoms with van der Waals surface area (Å²) in [6, 6.07) is 14.7. The van der Waals surface area contributed by atoms with Crippen molar-refractivity contribution in [3.05, 3.63) is 77.1 Å². The van der Waals surface area contributed by atoms with Crippen molar-refractivity contribution in [3.63, 3.8) is 0 Å². The van der Waals surface area contributed by atoms with Gasteiger partial charge in [0.05, 0.1) is 23.1 Å². The van der Waals surface area contributed by atoms with Crippen LogP contribution in [0, 0.1) is 0 Å². The average Bonchev–Trinajstić information content (AvgIpc) is 3.21. The van der Waals surface area contributed by atoms with Crippen LogP contribution in [0.4, 0.5) is 0 Å². The van der Waals surface area contributed by atoms with Crippen molar-refractivity contribution >= 4 is 11.9 Å². The quantitative estimate of drug-likeness (QED) is 0.645. The van der Waals surface area contributed by atoms with Gasteiger partial charge in [-0.3, -0.25) is 4.79 Å². The minimum absolute atomic E-state index is 0.306. The number of hydrogen-bond donors (Lipinski definition) is 2. The number of hydrogen-bond acceptors (Lipinski definition) is 6. The van der Waals surface area contributed by atoms with Crippen molar-refractivity contribution in [1.82, 2.24) is 20.3 Å². The van der Waals surface area contributed by atoms with Gasteiger partial charge in [-0.1, -0.05) is 35.5 Å². The standard InChI is InChI=1S/C20H19N5O3/c21-10-15-12-25(24-23-15)16-6-3-4-13(8-16)11-22-19(26)18-9-14-5-1-2-7-17(14)20(27)28-18/h1-8,12,18H,9-11,21H2,(H,22,26). The molecular formula is C20H19N5O3. The summed E-state index contributed by atoms with van der Waals surface area (Å²) in [4.78, 5) is 24.6. The smallest absolute Gasteiger partial charge is 0.339 e. The van der Waals surface area contributed by atoms with Gasteiger partial charge in [0.15, 0.2) is 6.10 Å². The van der Waals surface area contributed by atoms with Crippen LogP contribution < -0.4 is 11.1 Å². The predicted molar refractivity (Wildman–Crippen MR) is 100 cm³/mol. The maximum atomic E-state index is 12.5. The first-order chi connectivity index (χ1) is 13.6. The molecule has 1 aliphatic heterocycles. The first-order valence-corrected chi connectivity index (χ1v) is 8.91. The lowest BCUT2D eigenvalue weighted by molar-refractivity contribution is -0.130. The summed E-state index contributed by atoms with van der Waals surface area (Å²) in [6.45, 7) is 0.625. The molecular weight excluding hydrogens is 358 g/mol. The predicted octanol–water partition coefficient (Wildman–Crippen LogP) is 1.12. The number of aromatic nitrogens is 3. The Hall–Kier alpha value is -3.52. The molecule has 3 aromatic rings. The van der Waals surface area contributed by atoms with Crippen LogP contribution in [0.3, 0.4) is 0 Å². The first kappa shape index (κ1) is 17.9. The van der Waals surface area contributed by atoms with Gasteiger partial charge in [-0.05, 0) is 29.3 Å². The van der Waals surface area contributed by atoms with E-state index in [1.165, 1.54) is 0 Å². The van der Waals surface area contributed by atoms with Crippen LogP contribution in [0.5, 0.6) is 0 Å². The molecule has 8 heteroatoms. The topological polar surface area (TPSA) is 112 Å². The lowest BCUT2D eigenvalue weighted by Gasteiger charge is -2.23. The zero-order chi connectivity index (χ0) is 19.5. The number of ether oxygens (including phenoxy) is 1. The van der Waals surface area contributed by atoms with Gasteiger partial charge in [-0.2, -0.15) is 0 Å². The Balaban J connectivity index is 1.41. The Morgan fingerprint density at radius 3 is 2.93 bits per heavy atom. The zero-order valence-electron chi connectivity index (χ0n) is 15.0. The van der Waals surface area contributed by atoms with E-state index in [2.05, 4.69) is 15.6 Å². The Bertz CT molecular complexity index is 1030. The number of amides is 1. The maximum absolute atomic E-state index is 12.5. The van der Waals surface area contributed by atoms with E-state index in [0.717, 1.165) is 16.8 Å². The van der Waals surface area contributed by atoms with Gasteiger partial charge >= 0.3 is 5.97 Å². The summed E-state index contributed by atoms with van der Waals surface area (Å²) in [5.41, 5.74) is 9.30. The Kier molecular flexibility index (Phi) is 4.86. The number of esters is 1. The fourth-order valence-electron chi connectivity index (χ4n) is 3.11. The molecule has 28 heavy (non-hydrogen) atoms. The SMILES string of the molecule is NCc1cn(-c2cccc(CNC(=O)C3Cc4ccccc4C(=O)O3)c2)nn1. The lowest BCUT2D eigenvalue weighted by atomic mass is 9.98. The highest BCUT2D eigenvalue weighted by atomic mass is 16.5. The number of fused-ring (bicyclic) bond motifs is 1. The summed E-state index contributed by atoms with van der Waals surface area (Å²) in [5, 5.41) is 10.8. The van der Waals surface area contributed by atoms with Crippen molar-refractivity contribution in [2.75, 3.05) is 0 Å². The molecule has 0 saturated carbocycles. The van der Waals surface area contributed by atoms with Gasteiger partial charge < -0.3 is 15.8 Å². The number of carbonyl (C=O) groups is 2. The number of nitrogens with two attached hydrogens (primary N) is 1. The van der Waals surface area contributed by atoms with Crippen molar-refractivity contribution in [1.29, 1.82) is 0 Å². The fourth-order valence-corrected chi connectivity index (χ4v) is 3.11. The number of cyclic esters (lactones) is 1. The van der Waals surface area contributed by atoms with Gasteiger partial charge in [0.1, 0.15) is 0 Å². The summed E-state index contributed by atoms with van der Waals surface area (Å²) < 4.78 is 6.92. The molecule has 1 unspecified atom stereocenters. The molecule has 1 aromatic heterocycles. The van der Waals surface area contributed by atoms with E-state index in [1.807, 2.05) is 36.4 Å². The van der Waals surface area contributed by atoms with Crippen molar-refractivity contribution in [3.8, 4) is 5.69 Å². The minimum Gasteiger partial charge on any atom is -0.448 e. The molecule has 0 fully saturated rings. The second-order valence-electron chi connectivity index (χ2n) is 6.50. The molecule has 4 rings (SSSR count). The number of benzene rings is 2. The van der Waals surface area contributed by atoms with Gasteiger partial charge in [0, 0.05) is 19.5 Å². The third-order valence-corrected chi connectivity index (χ3v) is 4.58. The molecule has 142 valence electrons. The third kappa shape index (κ3) is 3.63. The molecule has 2 heterocycles. The highest BCUT2D eigenvalue weighted by Crippen LogP contribution is 2.20. The lowest BCUT2D eigenvalue weighted by Crippen LogP contribution is -2.41. The van der Waals surface area contributed by atoms with Crippen molar-refractivity contribution in [2.24, 2.45) is 5.73 Å². The molecule has 0 aliphatic carbocycles. The molecule has 3 N–H and O–H groups in total. The van der Waals surface area contributed by atoms with E-state index in [1.54, 1.807) is 23.0 Å². The number of carbonyl (C=O) groups excluding carboxylic acids is 2. The first-order valence-electron chi connectivity index (χ1n) is 8.91. The van der Waals surface area contributed by atoms with Crippen molar-refractivity contribution < 1.29 is 14.3 Å². The summed E-state index contributed by atoms with van der Waals surface area (Å²) in [7, 11) is 0. The molecule has 1 atom stereocenters. The zero-order valence-corrected chi connectivity index (χ0v) is 15.0. The third-order valence-electron chi connectivity index (χ3n) is 4.58.